The van der Waals surface area contributed by atoms with Crippen LogP contribution in [0.15, 0.2) is 0 Å². The molecule has 2 nitrogen and oxygen atoms in total. The molecule has 0 rings (SSSR count). The smallest absolute Gasteiger partial charge is 0.132 e. The summed E-state index contributed by atoms with van der Waals surface area (Å²) in [4.78, 5) is 10.9. The molecule has 0 saturated heterocycles. The van der Waals surface area contributed by atoms with Crippen molar-refractivity contribution in [1.82, 2.24) is 0 Å². The van der Waals surface area contributed by atoms with E-state index in [1.165, 1.54) is 0 Å². The summed E-state index contributed by atoms with van der Waals surface area (Å²) in [5.74, 6) is 0.387. The fraction of sp³-hybridized carbons (Fsp3) is 0.889. The molecule has 66 valence electrons. The zero-order valence-corrected chi connectivity index (χ0v) is 8.18. The van der Waals surface area contributed by atoms with E-state index in [2.05, 4.69) is 21.1 Å². The van der Waals surface area contributed by atoms with Gasteiger partial charge >= 0.3 is 0 Å². The van der Waals surface area contributed by atoms with Gasteiger partial charge in [0.05, 0.1) is 27.7 Å². The summed E-state index contributed by atoms with van der Waals surface area (Å²) >= 11 is 0. The van der Waals surface area contributed by atoms with Crippen LogP contribution in [-0.4, -0.2) is 38.0 Å². The summed E-state index contributed by atoms with van der Waals surface area (Å²) in [6, 6.07) is 0. The van der Waals surface area contributed by atoms with Gasteiger partial charge in [0, 0.05) is 19.3 Å². The molecule has 0 aromatic rings. The van der Waals surface area contributed by atoms with Crippen molar-refractivity contribution in [2.45, 2.75) is 26.2 Å². The van der Waals surface area contributed by atoms with Crippen molar-refractivity contribution in [3.63, 3.8) is 0 Å². The molecule has 2 heteroatoms. The zero-order chi connectivity index (χ0) is 8.91. The predicted octanol–water partition coefficient (Wildman–Crippen LogP) is 1.45. The Balaban J connectivity index is 3.35. The van der Waals surface area contributed by atoms with Gasteiger partial charge in [-0.05, 0) is 0 Å². The summed E-state index contributed by atoms with van der Waals surface area (Å²) in [7, 11) is 6.45. The summed E-state index contributed by atoms with van der Waals surface area (Å²) < 4.78 is 0.955. The maximum atomic E-state index is 10.9. The second kappa shape index (κ2) is 4.50. The van der Waals surface area contributed by atoms with Gasteiger partial charge in [0.1, 0.15) is 5.78 Å². The highest BCUT2D eigenvalue weighted by molar-refractivity contribution is 5.77. The van der Waals surface area contributed by atoms with Crippen LogP contribution in [0.1, 0.15) is 26.2 Å². The van der Waals surface area contributed by atoms with Crippen molar-refractivity contribution in [3.05, 3.63) is 0 Å². The van der Waals surface area contributed by atoms with Crippen LogP contribution >= 0.6 is 0 Å². The van der Waals surface area contributed by atoms with Crippen LogP contribution in [0.3, 0.4) is 0 Å². The topological polar surface area (TPSA) is 17.1 Å². The summed E-state index contributed by atoms with van der Waals surface area (Å²) in [6.45, 7) is 3.01. The molecule has 0 aliphatic carbocycles. The molecule has 0 heterocycles. The van der Waals surface area contributed by atoms with Crippen LogP contribution in [0.25, 0.3) is 0 Å². The highest BCUT2D eigenvalue weighted by Gasteiger charge is 2.07. The number of quaternary nitrogens is 1. The van der Waals surface area contributed by atoms with Crippen molar-refractivity contribution in [1.29, 1.82) is 0 Å². The largest absolute Gasteiger partial charge is 0.331 e. The van der Waals surface area contributed by atoms with Crippen molar-refractivity contribution in [2.75, 3.05) is 27.7 Å². The van der Waals surface area contributed by atoms with Gasteiger partial charge in [0.15, 0.2) is 0 Å². The maximum absolute atomic E-state index is 10.9. The molecule has 0 amide bonds. The minimum Gasteiger partial charge on any atom is -0.331 e. The first-order valence-corrected chi connectivity index (χ1v) is 4.28. The number of carbonyl (C=O) groups excluding carboxylic acids is 1. The Hall–Kier alpha value is -0.370. The molecule has 0 aromatic heterocycles. The molecule has 0 bridgehead atoms. The second-order valence-corrected chi connectivity index (χ2v) is 4.01. The number of hydrogen-bond acceptors (Lipinski definition) is 1. The Morgan fingerprint density at radius 1 is 1.27 bits per heavy atom. The van der Waals surface area contributed by atoms with Crippen LogP contribution < -0.4 is 0 Å². The predicted molar refractivity (Wildman–Crippen MR) is 47.4 cm³/mol. The van der Waals surface area contributed by atoms with E-state index in [4.69, 9.17) is 0 Å². The first-order chi connectivity index (χ1) is 4.95. The third-order valence-electron chi connectivity index (χ3n) is 1.68. The van der Waals surface area contributed by atoms with Gasteiger partial charge in [-0.1, -0.05) is 6.92 Å². The number of rotatable bonds is 5. The van der Waals surface area contributed by atoms with E-state index in [0.29, 0.717) is 12.2 Å². The van der Waals surface area contributed by atoms with E-state index in [9.17, 15) is 4.79 Å². The lowest BCUT2D eigenvalue weighted by Crippen LogP contribution is -2.35. The molecule has 0 fully saturated rings. The molecular weight excluding hydrogens is 138 g/mol. The highest BCUT2D eigenvalue weighted by Crippen LogP contribution is 1.99. The minimum atomic E-state index is 0.387. The lowest BCUT2D eigenvalue weighted by atomic mass is 10.2. The average molecular weight is 158 g/mol. The number of carbonyl (C=O) groups is 1. The quantitative estimate of drug-likeness (QED) is 0.553. The van der Waals surface area contributed by atoms with Gasteiger partial charge < -0.3 is 4.48 Å². The van der Waals surface area contributed by atoms with Gasteiger partial charge in [-0.15, -0.1) is 0 Å². The van der Waals surface area contributed by atoms with Crippen molar-refractivity contribution in [2.24, 2.45) is 0 Å². The van der Waals surface area contributed by atoms with Gasteiger partial charge in [-0.25, -0.2) is 0 Å². The Morgan fingerprint density at radius 3 is 2.18 bits per heavy atom. The molecule has 0 radical (unpaired) electrons. The van der Waals surface area contributed by atoms with E-state index >= 15 is 0 Å². The standard InChI is InChI=1S/C9H20NO/c1-5-9(11)7-6-8-10(2,3)4/h5-8H2,1-4H3/q+1. The van der Waals surface area contributed by atoms with Crippen molar-refractivity contribution >= 4 is 5.78 Å². The molecule has 0 aliphatic heterocycles. The summed E-state index contributed by atoms with van der Waals surface area (Å²) in [5, 5.41) is 0. The molecule has 0 saturated carbocycles. The van der Waals surface area contributed by atoms with Crippen LogP contribution in [-0.2, 0) is 4.79 Å². The average Bonchev–Trinajstić information content (AvgIpc) is 1.85. The number of Topliss-reactive ketones (excluding diaryl/α,β-unsaturated/α-hetero) is 1. The third-order valence-corrected chi connectivity index (χ3v) is 1.68. The van der Waals surface area contributed by atoms with Gasteiger partial charge in [0.2, 0.25) is 0 Å². The summed E-state index contributed by atoms with van der Waals surface area (Å²) in [6.07, 6.45) is 2.47. The second-order valence-electron chi connectivity index (χ2n) is 4.01. The minimum absolute atomic E-state index is 0.387. The van der Waals surface area contributed by atoms with Crippen LogP contribution in [0, 0.1) is 0 Å². The van der Waals surface area contributed by atoms with Crippen LogP contribution in [0.2, 0.25) is 0 Å². The lowest BCUT2D eigenvalue weighted by Gasteiger charge is -2.23. The van der Waals surface area contributed by atoms with Crippen LogP contribution in [0.5, 0.6) is 0 Å². The number of ketones is 1. The van der Waals surface area contributed by atoms with Gasteiger partial charge in [-0.3, -0.25) is 4.79 Å². The monoisotopic (exact) mass is 158 g/mol. The third kappa shape index (κ3) is 7.53. The molecular formula is C9H20NO+. The first-order valence-electron chi connectivity index (χ1n) is 4.28. The van der Waals surface area contributed by atoms with E-state index < -0.39 is 0 Å². The van der Waals surface area contributed by atoms with E-state index in [1.54, 1.807) is 0 Å². The molecule has 0 atom stereocenters. The molecule has 0 spiro atoms. The van der Waals surface area contributed by atoms with Gasteiger partial charge in [-0.2, -0.15) is 0 Å². The molecule has 11 heavy (non-hydrogen) atoms. The number of nitrogens with zero attached hydrogens (tertiary/aromatic N) is 1. The summed E-state index contributed by atoms with van der Waals surface area (Å²) in [5.41, 5.74) is 0. The van der Waals surface area contributed by atoms with Crippen molar-refractivity contribution < 1.29 is 9.28 Å². The fourth-order valence-electron chi connectivity index (χ4n) is 0.927. The first kappa shape index (κ1) is 10.6. The van der Waals surface area contributed by atoms with Crippen LogP contribution in [0.4, 0.5) is 0 Å². The fourth-order valence-corrected chi connectivity index (χ4v) is 0.927. The molecule has 0 aliphatic rings. The number of hydrogen-bond donors (Lipinski definition) is 0. The zero-order valence-electron chi connectivity index (χ0n) is 8.18. The van der Waals surface area contributed by atoms with Gasteiger partial charge in [0.25, 0.3) is 0 Å². The molecule has 0 unspecified atom stereocenters. The Bertz CT molecular complexity index is 124. The van der Waals surface area contributed by atoms with E-state index in [-0.39, 0.29) is 0 Å². The SMILES string of the molecule is CCC(=O)CCC[N+](C)(C)C. The maximum Gasteiger partial charge on any atom is 0.132 e. The van der Waals surface area contributed by atoms with Crippen molar-refractivity contribution in [3.8, 4) is 0 Å². The Kier molecular flexibility index (Phi) is 4.34. The normalized spacial score (nSPS) is 11.6. The lowest BCUT2D eigenvalue weighted by molar-refractivity contribution is -0.870. The van der Waals surface area contributed by atoms with E-state index in [0.717, 1.165) is 23.9 Å². The Labute approximate surface area is 69.8 Å². The van der Waals surface area contributed by atoms with E-state index in [1.807, 2.05) is 6.92 Å². The molecule has 0 N–H and O–H groups in total. The Morgan fingerprint density at radius 2 is 1.82 bits per heavy atom. The molecule has 0 aromatic carbocycles. The highest BCUT2D eigenvalue weighted by atomic mass is 16.1.